The van der Waals surface area contributed by atoms with E-state index in [4.69, 9.17) is 5.73 Å². The molecule has 4 aliphatic carbocycles. The van der Waals surface area contributed by atoms with Crippen molar-refractivity contribution in [3.8, 4) is 0 Å². The van der Waals surface area contributed by atoms with Gasteiger partial charge in [0.2, 0.25) is 5.91 Å². The lowest BCUT2D eigenvalue weighted by molar-refractivity contribution is -0.139. The highest BCUT2D eigenvalue weighted by molar-refractivity contribution is 5.82. The molecule has 3 heteroatoms. The summed E-state index contributed by atoms with van der Waals surface area (Å²) in [6.07, 6.45) is 8.42. The minimum Gasteiger partial charge on any atom is -0.344 e. The first-order valence-electron chi connectivity index (χ1n) is 8.69. The normalized spacial score (nSPS) is 39.4. The lowest BCUT2D eigenvalue weighted by Crippen LogP contribution is -2.55. The highest BCUT2D eigenvalue weighted by atomic mass is 16.2. The van der Waals surface area contributed by atoms with E-state index >= 15 is 0 Å². The van der Waals surface area contributed by atoms with E-state index in [2.05, 4.69) is 0 Å². The van der Waals surface area contributed by atoms with E-state index in [-0.39, 0.29) is 11.3 Å². The SMILES string of the molecule is CN(CC12CC3CC(CC(C3)C1)C2)C(=O)C(N)C(C)(C)C. The molecule has 21 heavy (non-hydrogen) atoms. The number of rotatable bonds is 3. The van der Waals surface area contributed by atoms with Crippen molar-refractivity contribution in [1.29, 1.82) is 0 Å². The van der Waals surface area contributed by atoms with Gasteiger partial charge in [-0.25, -0.2) is 0 Å². The predicted molar refractivity (Wildman–Crippen MR) is 85.7 cm³/mol. The predicted octanol–water partition coefficient (Wildman–Crippen LogP) is 3.03. The van der Waals surface area contributed by atoms with Crippen molar-refractivity contribution in [2.75, 3.05) is 13.6 Å². The maximum atomic E-state index is 12.6. The van der Waals surface area contributed by atoms with Crippen LogP contribution < -0.4 is 5.73 Å². The van der Waals surface area contributed by atoms with Gasteiger partial charge in [0, 0.05) is 13.6 Å². The van der Waals surface area contributed by atoms with Crippen molar-refractivity contribution in [2.24, 2.45) is 34.3 Å². The molecule has 2 N–H and O–H groups in total. The van der Waals surface area contributed by atoms with Gasteiger partial charge < -0.3 is 10.6 Å². The number of hydrogen-bond donors (Lipinski definition) is 1. The van der Waals surface area contributed by atoms with Gasteiger partial charge in [-0.2, -0.15) is 0 Å². The van der Waals surface area contributed by atoms with Gasteiger partial charge in [-0.3, -0.25) is 4.79 Å². The molecule has 0 radical (unpaired) electrons. The summed E-state index contributed by atoms with van der Waals surface area (Å²) in [7, 11) is 1.96. The van der Waals surface area contributed by atoms with Gasteiger partial charge in [-0.1, -0.05) is 20.8 Å². The third kappa shape index (κ3) is 2.86. The summed E-state index contributed by atoms with van der Waals surface area (Å²) in [5.74, 6) is 2.95. The maximum Gasteiger partial charge on any atom is 0.239 e. The van der Waals surface area contributed by atoms with E-state index in [1.165, 1.54) is 38.5 Å². The standard InChI is InChI=1S/C18H32N2O/c1-17(2,3)15(19)16(21)20(4)11-18-8-12-5-13(9-18)7-14(6-12)10-18/h12-15H,5-11,19H2,1-4H3. The molecule has 1 unspecified atom stereocenters. The molecule has 4 rings (SSSR count). The fourth-order valence-electron chi connectivity index (χ4n) is 5.67. The van der Waals surface area contributed by atoms with Gasteiger partial charge in [0.05, 0.1) is 6.04 Å². The van der Waals surface area contributed by atoms with E-state index in [1.54, 1.807) is 0 Å². The number of hydrogen-bond acceptors (Lipinski definition) is 2. The highest BCUT2D eigenvalue weighted by Crippen LogP contribution is 2.60. The van der Waals surface area contributed by atoms with Crippen molar-refractivity contribution in [2.45, 2.75) is 65.3 Å². The van der Waals surface area contributed by atoms with Gasteiger partial charge >= 0.3 is 0 Å². The van der Waals surface area contributed by atoms with Crippen LogP contribution in [-0.4, -0.2) is 30.4 Å². The number of nitrogens with zero attached hydrogens (tertiary/aromatic N) is 1. The van der Waals surface area contributed by atoms with Crippen molar-refractivity contribution in [1.82, 2.24) is 4.90 Å². The van der Waals surface area contributed by atoms with Crippen LogP contribution in [-0.2, 0) is 4.79 Å². The number of carbonyl (C=O) groups is 1. The molecular weight excluding hydrogens is 260 g/mol. The Morgan fingerprint density at radius 3 is 1.95 bits per heavy atom. The Labute approximate surface area is 129 Å². The van der Waals surface area contributed by atoms with Crippen LogP contribution in [0.2, 0.25) is 0 Å². The average molecular weight is 292 g/mol. The van der Waals surface area contributed by atoms with Crippen LogP contribution in [0.3, 0.4) is 0 Å². The Kier molecular flexibility index (Phi) is 3.63. The van der Waals surface area contributed by atoms with Crippen LogP contribution in [0.25, 0.3) is 0 Å². The van der Waals surface area contributed by atoms with E-state index in [9.17, 15) is 4.79 Å². The summed E-state index contributed by atoms with van der Waals surface area (Å²) in [4.78, 5) is 14.6. The average Bonchev–Trinajstić information content (AvgIpc) is 2.33. The van der Waals surface area contributed by atoms with Crippen LogP contribution in [0.5, 0.6) is 0 Å². The Balaban J connectivity index is 1.67. The summed E-state index contributed by atoms with van der Waals surface area (Å²) < 4.78 is 0. The van der Waals surface area contributed by atoms with Crippen molar-refractivity contribution < 1.29 is 4.79 Å². The smallest absolute Gasteiger partial charge is 0.239 e. The second-order valence-electron chi connectivity index (χ2n) is 9.46. The molecule has 0 heterocycles. The molecule has 1 atom stereocenters. The van der Waals surface area contributed by atoms with Gasteiger partial charge in [-0.05, 0) is 67.1 Å². The van der Waals surface area contributed by atoms with Gasteiger partial charge in [0.15, 0.2) is 0 Å². The monoisotopic (exact) mass is 292 g/mol. The lowest BCUT2D eigenvalue weighted by Gasteiger charge is -2.57. The van der Waals surface area contributed by atoms with Gasteiger partial charge in [0.25, 0.3) is 0 Å². The van der Waals surface area contributed by atoms with E-state index in [1.807, 2.05) is 32.7 Å². The topological polar surface area (TPSA) is 46.3 Å². The summed E-state index contributed by atoms with van der Waals surface area (Å²) in [6.45, 7) is 7.08. The zero-order valence-electron chi connectivity index (χ0n) is 14.2. The number of likely N-dealkylation sites (N-methyl/N-ethyl adjacent to an activating group) is 1. The van der Waals surface area contributed by atoms with Gasteiger partial charge in [-0.15, -0.1) is 0 Å². The molecule has 1 amide bonds. The highest BCUT2D eigenvalue weighted by Gasteiger charge is 2.51. The fraction of sp³-hybridized carbons (Fsp3) is 0.944. The largest absolute Gasteiger partial charge is 0.344 e. The first-order valence-corrected chi connectivity index (χ1v) is 8.69. The third-order valence-corrected chi connectivity index (χ3v) is 6.31. The van der Waals surface area contributed by atoms with Crippen molar-refractivity contribution >= 4 is 5.91 Å². The molecule has 4 fully saturated rings. The molecule has 0 aliphatic heterocycles. The minimum atomic E-state index is -0.392. The molecular formula is C18H32N2O. The minimum absolute atomic E-state index is 0.123. The first-order chi connectivity index (χ1) is 9.68. The molecule has 0 aromatic carbocycles. The van der Waals surface area contributed by atoms with E-state index in [0.717, 1.165) is 24.3 Å². The van der Waals surface area contributed by atoms with Crippen molar-refractivity contribution in [3.63, 3.8) is 0 Å². The molecule has 0 aromatic rings. The second-order valence-corrected chi connectivity index (χ2v) is 9.46. The molecule has 0 saturated heterocycles. The summed E-state index contributed by atoms with van der Waals surface area (Å²) in [6, 6.07) is -0.392. The van der Waals surface area contributed by atoms with Crippen molar-refractivity contribution in [3.05, 3.63) is 0 Å². The Bertz CT molecular complexity index is 388. The molecule has 3 nitrogen and oxygen atoms in total. The Morgan fingerprint density at radius 1 is 1.14 bits per heavy atom. The Hall–Kier alpha value is -0.570. The summed E-state index contributed by atoms with van der Waals surface area (Å²) in [5, 5.41) is 0. The first kappa shape index (κ1) is 15.3. The second kappa shape index (κ2) is 4.97. The number of nitrogens with two attached hydrogens (primary N) is 1. The molecule has 4 aliphatic rings. The van der Waals surface area contributed by atoms with Crippen LogP contribution in [0.4, 0.5) is 0 Å². The van der Waals surface area contributed by atoms with Gasteiger partial charge in [0.1, 0.15) is 0 Å². The zero-order chi connectivity index (χ0) is 15.4. The van der Waals surface area contributed by atoms with Crippen LogP contribution in [0, 0.1) is 28.6 Å². The summed E-state index contributed by atoms with van der Waals surface area (Å²) in [5.41, 5.74) is 6.42. The maximum absolute atomic E-state index is 12.6. The van der Waals surface area contributed by atoms with Crippen LogP contribution >= 0.6 is 0 Å². The van der Waals surface area contributed by atoms with Crippen LogP contribution in [0.1, 0.15) is 59.3 Å². The lowest BCUT2D eigenvalue weighted by atomic mass is 9.49. The molecule has 4 saturated carbocycles. The zero-order valence-corrected chi connectivity index (χ0v) is 14.2. The Morgan fingerprint density at radius 2 is 1.57 bits per heavy atom. The molecule has 4 bridgehead atoms. The van der Waals surface area contributed by atoms with Crippen LogP contribution in [0.15, 0.2) is 0 Å². The van der Waals surface area contributed by atoms with E-state index in [0.29, 0.717) is 5.41 Å². The molecule has 120 valence electrons. The van der Waals surface area contributed by atoms with E-state index < -0.39 is 6.04 Å². The number of carbonyl (C=O) groups excluding carboxylic acids is 1. The molecule has 0 spiro atoms. The number of amides is 1. The fourth-order valence-corrected chi connectivity index (χ4v) is 5.67. The molecule has 0 aromatic heterocycles. The summed E-state index contributed by atoms with van der Waals surface area (Å²) >= 11 is 0. The third-order valence-electron chi connectivity index (χ3n) is 6.31. The quantitative estimate of drug-likeness (QED) is 0.869.